The highest BCUT2D eigenvalue weighted by Crippen LogP contribution is 2.37. The maximum atomic E-state index is 12.8. The molecule has 0 N–H and O–H groups in total. The molecule has 0 bridgehead atoms. The number of aromatic nitrogens is 2. The van der Waals surface area contributed by atoms with Gasteiger partial charge in [0.25, 0.3) is 11.8 Å². The van der Waals surface area contributed by atoms with E-state index in [-0.39, 0.29) is 23.4 Å². The number of halogens is 3. The Balaban J connectivity index is 1.93. The second-order valence-electron chi connectivity index (χ2n) is 5.63. The molecule has 1 aliphatic rings. The van der Waals surface area contributed by atoms with Gasteiger partial charge in [0.1, 0.15) is 0 Å². The van der Waals surface area contributed by atoms with Gasteiger partial charge in [-0.05, 0) is 34.9 Å². The van der Waals surface area contributed by atoms with Gasteiger partial charge in [-0.15, -0.1) is 4.91 Å². The Labute approximate surface area is 146 Å². The summed E-state index contributed by atoms with van der Waals surface area (Å²) in [6.07, 6.45) is -3.96. The second kappa shape index (κ2) is 6.77. The molecule has 0 saturated carbocycles. The fourth-order valence-corrected chi connectivity index (χ4v) is 2.81. The van der Waals surface area contributed by atoms with E-state index >= 15 is 0 Å². The fraction of sp³-hybridized carbons (Fsp3) is 0.375. The summed E-state index contributed by atoms with van der Waals surface area (Å²) in [6.45, 7) is 0.738. The Hall–Kier alpha value is -2.91. The number of ether oxygens (including phenoxy) is 2. The van der Waals surface area contributed by atoms with Crippen molar-refractivity contribution in [2.75, 3.05) is 25.7 Å². The number of methoxy groups -OCH3 is 2. The molecule has 10 heteroatoms. The summed E-state index contributed by atoms with van der Waals surface area (Å²) in [5, 5.41) is 2.82. The molecule has 1 aromatic carbocycles. The lowest BCUT2D eigenvalue weighted by molar-refractivity contribution is -0.137. The number of alkyl halides is 3. The van der Waals surface area contributed by atoms with Crippen LogP contribution in [0.1, 0.15) is 16.7 Å². The number of rotatable bonds is 4. The van der Waals surface area contributed by atoms with Crippen LogP contribution < -0.4 is 14.4 Å². The van der Waals surface area contributed by atoms with E-state index in [0.29, 0.717) is 25.1 Å². The number of hydrogen-bond acceptors (Lipinski definition) is 7. The first-order chi connectivity index (χ1) is 12.4. The molecule has 3 rings (SSSR count). The van der Waals surface area contributed by atoms with Gasteiger partial charge in [-0.3, -0.25) is 0 Å². The molecule has 0 atom stereocenters. The van der Waals surface area contributed by atoms with E-state index in [2.05, 4.69) is 15.1 Å². The second-order valence-corrected chi connectivity index (χ2v) is 5.63. The molecule has 1 aliphatic heterocycles. The molecule has 0 spiro atoms. The van der Waals surface area contributed by atoms with Gasteiger partial charge in [0, 0.05) is 13.1 Å². The van der Waals surface area contributed by atoms with Crippen LogP contribution >= 0.6 is 0 Å². The van der Waals surface area contributed by atoms with Gasteiger partial charge < -0.3 is 14.4 Å². The van der Waals surface area contributed by atoms with Crippen LogP contribution in [0.4, 0.5) is 24.8 Å². The summed E-state index contributed by atoms with van der Waals surface area (Å²) >= 11 is 0. The Morgan fingerprint density at radius 2 is 1.77 bits per heavy atom. The highest BCUT2D eigenvalue weighted by Gasteiger charge is 2.32. The lowest BCUT2D eigenvalue weighted by Gasteiger charge is -2.29. The summed E-state index contributed by atoms with van der Waals surface area (Å²) in [6, 6.07) is 3.69. The van der Waals surface area contributed by atoms with Gasteiger partial charge in [-0.2, -0.15) is 23.1 Å². The molecule has 138 valence electrons. The largest absolute Gasteiger partial charge is 0.479 e. The molecule has 0 unspecified atom stereocenters. The SMILES string of the molecule is COc1nc(N2CCc3cc(C(F)(F)F)ccc3C2)nc(OC)c1N=O. The minimum absolute atomic E-state index is 0.0277. The molecule has 0 radical (unpaired) electrons. The summed E-state index contributed by atoms with van der Waals surface area (Å²) in [5.41, 5.74) is 0.584. The summed E-state index contributed by atoms with van der Waals surface area (Å²) in [4.78, 5) is 21.0. The predicted octanol–water partition coefficient (Wildman–Crippen LogP) is 3.47. The third-order valence-corrected chi connectivity index (χ3v) is 4.11. The molecule has 7 nitrogen and oxygen atoms in total. The van der Waals surface area contributed by atoms with Gasteiger partial charge in [0.15, 0.2) is 0 Å². The number of hydrogen-bond donors (Lipinski definition) is 0. The minimum atomic E-state index is -4.37. The van der Waals surface area contributed by atoms with Crippen LogP contribution in [0, 0.1) is 4.91 Å². The van der Waals surface area contributed by atoms with Gasteiger partial charge in [-0.25, -0.2) is 0 Å². The van der Waals surface area contributed by atoms with Crippen molar-refractivity contribution in [3.8, 4) is 11.8 Å². The first-order valence-corrected chi connectivity index (χ1v) is 7.64. The Bertz CT molecular complexity index is 817. The van der Waals surface area contributed by atoms with Crippen molar-refractivity contribution in [2.24, 2.45) is 5.18 Å². The standard InChI is InChI=1S/C16H15F3N4O3/c1-25-13-12(22-24)14(26-2)21-15(20-13)23-6-5-9-7-11(16(17,18)19)4-3-10(9)8-23/h3-4,7H,5-6,8H2,1-2H3. The van der Waals surface area contributed by atoms with Crippen molar-refractivity contribution in [3.05, 3.63) is 39.8 Å². The zero-order valence-electron chi connectivity index (χ0n) is 14.0. The molecule has 0 aliphatic carbocycles. The molecule has 2 aromatic rings. The zero-order chi connectivity index (χ0) is 18.9. The summed E-state index contributed by atoms with van der Waals surface area (Å²) in [7, 11) is 2.68. The van der Waals surface area contributed by atoms with Crippen LogP contribution in [0.3, 0.4) is 0 Å². The van der Waals surface area contributed by atoms with Crippen LogP contribution in [0.5, 0.6) is 11.8 Å². The van der Waals surface area contributed by atoms with Gasteiger partial charge in [0.2, 0.25) is 11.6 Å². The van der Waals surface area contributed by atoms with Crippen LogP contribution in [-0.4, -0.2) is 30.7 Å². The quantitative estimate of drug-likeness (QED) is 0.769. The van der Waals surface area contributed by atoms with Crippen molar-refractivity contribution in [1.82, 2.24) is 9.97 Å². The topological polar surface area (TPSA) is 76.9 Å². The third-order valence-electron chi connectivity index (χ3n) is 4.11. The van der Waals surface area contributed by atoms with E-state index < -0.39 is 11.7 Å². The predicted molar refractivity (Wildman–Crippen MR) is 86.8 cm³/mol. The molecule has 0 amide bonds. The fourth-order valence-electron chi connectivity index (χ4n) is 2.81. The van der Waals surface area contributed by atoms with E-state index in [1.165, 1.54) is 26.4 Å². The highest BCUT2D eigenvalue weighted by atomic mass is 19.4. The van der Waals surface area contributed by atoms with Crippen molar-refractivity contribution in [3.63, 3.8) is 0 Å². The Kier molecular flexibility index (Phi) is 4.66. The Morgan fingerprint density at radius 1 is 1.12 bits per heavy atom. The number of nitrogens with zero attached hydrogens (tertiary/aromatic N) is 4. The van der Waals surface area contributed by atoms with E-state index in [1.807, 2.05) is 0 Å². The first-order valence-electron chi connectivity index (χ1n) is 7.64. The molecule has 26 heavy (non-hydrogen) atoms. The molecular formula is C16H15F3N4O3. The molecule has 2 heterocycles. The normalized spacial score (nSPS) is 14.0. The monoisotopic (exact) mass is 368 g/mol. The minimum Gasteiger partial charge on any atom is -0.479 e. The maximum Gasteiger partial charge on any atom is 0.416 e. The van der Waals surface area contributed by atoms with E-state index in [9.17, 15) is 18.1 Å². The highest BCUT2D eigenvalue weighted by molar-refractivity contribution is 5.59. The average Bonchev–Trinajstić information content (AvgIpc) is 2.65. The average molecular weight is 368 g/mol. The van der Waals surface area contributed by atoms with Gasteiger partial charge >= 0.3 is 6.18 Å². The van der Waals surface area contributed by atoms with Crippen molar-refractivity contribution in [2.45, 2.75) is 19.1 Å². The van der Waals surface area contributed by atoms with Crippen molar-refractivity contribution >= 4 is 11.6 Å². The summed E-state index contributed by atoms with van der Waals surface area (Å²) in [5.74, 6) is 0.191. The van der Waals surface area contributed by atoms with E-state index in [4.69, 9.17) is 9.47 Å². The van der Waals surface area contributed by atoms with Gasteiger partial charge in [-0.1, -0.05) is 6.07 Å². The zero-order valence-corrected chi connectivity index (χ0v) is 14.0. The molecule has 0 saturated heterocycles. The van der Waals surface area contributed by atoms with Crippen LogP contribution in [0.15, 0.2) is 23.4 Å². The first kappa shape index (κ1) is 17.9. The van der Waals surface area contributed by atoms with Crippen LogP contribution in [-0.2, 0) is 19.1 Å². The van der Waals surface area contributed by atoms with E-state index in [0.717, 1.165) is 11.6 Å². The number of fused-ring (bicyclic) bond motifs is 1. The number of nitroso groups, excluding NO2 is 1. The molecule has 1 aromatic heterocycles. The lowest BCUT2D eigenvalue weighted by Crippen LogP contribution is -2.32. The summed E-state index contributed by atoms with van der Waals surface area (Å²) < 4.78 is 48.6. The van der Waals surface area contributed by atoms with Crippen molar-refractivity contribution < 1.29 is 22.6 Å². The number of benzene rings is 1. The third kappa shape index (κ3) is 3.26. The maximum absolute atomic E-state index is 12.8. The lowest BCUT2D eigenvalue weighted by atomic mass is 9.97. The molecule has 0 fully saturated rings. The smallest absolute Gasteiger partial charge is 0.416 e. The number of anilines is 1. The Morgan fingerprint density at radius 3 is 2.31 bits per heavy atom. The molecular weight excluding hydrogens is 353 g/mol. The van der Waals surface area contributed by atoms with Crippen LogP contribution in [0.2, 0.25) is 0 Å². The van der Waals surface area contributed by atoms with Crippen LogP contribution in [0.25, 0.3) is 0 Å². The van der Waals surface area contributed by atoms with E-state index in [1.54, 1.807) is 4.90 Å². The van der Waals surface area contributed by atoms with Crippen molar-refractivity contribution in [1.29, 1.82) is 0 Å². The van der Waals surface area contributed by atoms with Gasteiger partial charge in [0.05, 0.1) is 19.8 Å².